The van der Waals surface area contributed by atoms with Crippen LogP contribution in [0.25, 0.3) is 0 Å². The van der Waals surface area contributed by atoms with Gasteiger partial charge in [0.25, 0.3) is 5.91 Å². The summed E-state index contributed by atoms with van der Waals surface area (Å²) in [5.74, 6) is -3.20. The van der Waals surface area contributed by atoms with Gasteiger partial charge in [0.2, 0.25) is 0 Å². The summed E-state index contributed by atoms with van der Waals surface area (Å²) in [6.07, 6.45) is 0.479. The molecule has 0 aromatic heterocycles. The second-order valence-electron chi connectivity index (χ2n) is 5.81. The lowest BCUT2D eigenvalue weighted by molar-refractivity contribution is -0.145. The van der Waals surface area contributed by atoms with Crippen LogP contribution >= 0.6 is 34.2 Å². The minimum atomic E-state index is -1.23. The van der Waals surface area contributed by atoms with Crippen LogP contribution in [0.4, 0.5) is 20.2 Å². The van der Waals surface area contributed by atoms with Gasteiger partial charge in [0, 0.05) is 9.49 Å². The molecule has 1 aliphatic rings. The minimum absolute atomic E-state index is 0.0246. The fourth-order valence-corrected chi connectivity index (χ4v) is 3.14. The maximum atomic E-state index is 14.3. The Morgan fingerprint density at radius 3 is 2.69 bits per heavy atom. The van der Waals surface area contributed by atoms with Crippen molar-refractivity contribution in [3.8, 4) is 0 Å². The Morgan fingerprint density at radius 2 is 2.04 bits per heavy atom. The summed E-state index contributed by atoms with van der Waals surface area (Å²) in [4.78, 5) is 17.2. The summed E-state index contributed by atoms with van der Waals surface area (Å²) in [6, 6.07) is 6.90. The first-order valence-electron chi connectivity index (χ1n) is 7.71. The van der Waals surface area contributed by atoms with Gasteiger partial charge in [-0.1, -0.05) is 11.6 Å². The highest BCUT2D eigenvalue weighted by atomic mass is 127. The number of anilines is 2. The van der Waals surface area contributed by atoms with Crippen molar-refractivity contribution in [2.45, 2.75) is 19.1 Å². The molecule has 5 nitrogen and oxygen atoms in total. The van der Waals surface area contributed by atoms with E-state index < -0.39 is 23.8 Å². The van der Waals surface area contributed by atoms with Crippen LogP contribution in [-0.4, -0.2) is 17.3 Å². The number of aliphatic hydroxyl groups excluding tert-OH is 1. The molecule has 3 N–H and O–H groups in total. The number of carbonyl (C=O) groups excluding carboxylic acids is 1. The number of hydroxylamine groups is 1. The van der Waals surface area contributed by atoms with Crippen molar-refractivity contribution in [2.24, 2.45) is 5.92 Å². The molecular weight excluding hydrogens is 481 g/mol. The highest BCUT2D eigenvalue weighted by molar-refractivity contribution is 14.1. The molecule has 0 radical (unpaired) electrons. The monoisotopic (exact) mass is 494 g/mol. The summed E-state index contributed by atoms with van der Waals surface area (Å²) >= 11 is 8.17. The van der Waals surface area contributed by atoms with E-state index in [9.17, 15) is 18.7 Å². The zero-order valence-corrected chi connectivity index (χ0v) is 16.1. The number of halogens is 4. The molecule has 2 aromatic rings. The van der Waals surface area contributed by atoms with Crippen molar-refractivity contribution in [3.05, 3.63) is 56.1 Å². The summed E-state index contributed by atoms with van der Waals surface area (Å²) in [6.45, 7) is 0. The third kappa shape index (κ3) is 4.43. The summed E-state index contributed by atoms with van der Waals surface area (Å²) in [5.41, 5.74) is 1.80. The number of amides is 1. The SMILES string of the molecule is O=C(NOC(O)C1CC1)c1ccc(F)c(F)c1Nc1ccc(I)cc1Cl. The van der Waals surface area contributed by atoms with Crippen LogP contribution in [0.3, 0.4) is 0 Å². The Morgan fingerprint density at radius 1 is 1.31 bits per heavy atom. The van der Waals surface area contributed by atoms with E-state index in [1.807, 2.05) is 0 Å². The molecule has 138 valence electrons. The molecule has 0 saturated heterocycles. The van der Waals surface area contributed by atoms with Gasteiger partial charge < -0.3 is 10.4 Å². The quantitative estimate of drug-likeness (QED) is 0.317. The first kappa shape index (κ1) is 19.3. The third-order valence-electron chi connectivity index (χ3n) is 3.83. The average molecular weight is 495 g/mol. The van der Waals surface area contributed by atoms with Crippen LogP contribution in [-0.2, 0) is 4.84 Å². The second-order valence-corrected chi connectivity index (χ2v) is 7.46. The number of hydrogen-bond donors (Lipinski definition) is 3. The normalized spacial score (nSPS) is 14.8. The van der Waals surface area contributed by atoms with E-state index in [1.165, 1.54) is 0 Å². The van der Waals surface area contributed by atoms with Crippen molar-refractivity contribution in [2.75, 3.05) is 5.32 Å². The topological polar surface area (TPSA) is 70.6 Å². The number of rotatable bonds is 6. The van der Waals surface area contributed by atoms with E-state index in [1.54, 1.807) is 18.2 Å². The van der Waals surface area contributed by atoms with Crippen LogP contribution in [0.15, 0.2) is 30.3 Å². The molecule has 0 heterocycles. The minimum Gasteiger partial charge on any atom is -0.366 e. The summed E-state index contributed by atoms with van der Waals surface area (Å²) in [7, 11) is 0. The maximum absolute atomic E-state index is 14.3. The van der Waals surface area contributed by atoms with Gasteiger partial charge in [-0.15, -0.1) is 0 Å². The van der Waals surface area contributed by atoms with Crippen LogP contribution < -0.4 is 10.8 Å². The Labute approximate surface area is 166 Å². The molecule has 3 rings (SSSR count). The number of hydrogen-bond acceptors (Lipinski definition) is 4. The summed E-state index contributed by atoms with van der Waals surface area (Å²) < 4.78 is 28.8. The number of benzene rings is 2. The predicted octanol–water partition coefficient (Wildman–Crippen LogP) is 4.36. The molecule has 9 heteroatoms. The molecule has 0 aliphatic heterocycles. The van der Waals surface area contributed by atoms with Crippen LogP contribution in [0.5, 0.6) is 0 Å². The fraction of sp³-hybridized carbons (Fsp3) is 0.235. The van der Waals surface area contributed by atoms with Crippen molar-refractivity contribution in [1.29, 1.82) is 0 Å². The van der Waals surface area contributed by atoms with E-state index in [0.29, 0.717) is 5.69 Å². The average Bonchev–Trinajstić information content (AvgIpc) is 3.44. The molecule has 1 amide bonds. The van der Waals surface area contributed by atoms with Crippen LogP contribution in [0.2, 0.25) is 5.02 Å². The van der Waals surface area contributed by atoms with Gasteiger partial charge in [0.05, 0.1) is 22.0 Å². The molecule has 2 aromatic carbocycles. The molecule has 1 atom stereocenters. The Hall–Kier alpha value is -1.49. The van der Waals surface area contributed by atoms with Gasteiger partial charge >= 0.3 is 0 Å². The van der Waals surface area contributed by atoms with Gasteiger partial charge in [0.1, 0.15) is 0 Å². The van der Waals surface area contributed by atoms with E-state index in [2.05, 4.69) is 33.4 Å². The number of carbonyl (C=O) groups is 1. The molecule has 1 saturated carbocycles. The predicted molar refractivity (Wildman–Crippen MR) is 101 cm³/mol. The van der Waals surface area contributed by atoms with Crippen LogP contribution in [0, 0.1) is 21.1 Å². The Bertz CT molecular complexity index is 849. The van der Waals surface area contributed by atoms with Gasteiger partial charge in [-0.05, 0) is 65.8 Å². The first-order chi connectivity index (χ1) is 12.4. The molecule has 26 heavy (non-hydrogen) atoms. The molecule has 0 bridgehead atoms. The van der Waals surface area contributed by atoms with E-state index in [4.69, 9.17) is 16.4 Å². The molecule has 0 spiro atoms. The zero-order chi connectivity index (χ0) is 18.8. The van der Waals surface area contributed by atoms with Crippen LogP contribution in [0.1, 0.15) is 23.2 Å². The lowest BCUT2D eigenvalue weighted by Gasteiger charge is -2.16. The Kier molecular flexibility index (Phi) is 5.96. The zero-order valence-electron chi connectivity index (χ0n) is 13.2. The van der Waals surface area contributed by atoms with Gasteiger partial charge in [-0.25, -0.2) is 19.1 Å². The van der Waals surface area contributed by atoms with Crippen molar-refractivity contribution >= 4 is 51.5 Å². The smallest absolute Gasteiger partial charge is 0.277 e. The fourth-order valence-electron chi connectivity index (χ4n) is 2.23. The first-order valence-corrected chi connectivity index (χ1v) is 9.16. The summed E-state index contributed by atoms with van der Waals surface area (Å²) in [5, 5.41) is 12.6. The molecule has 1 unspecified atom stereocenters. The van der Waals surface area contributed by atoms with E-state index in [-0.39, 0.29) is 22.2 Å². The van der Waals surface area contributed by atoms with Gasteiger partial charge in [0.15, 0.2) is 17.9 Å². The highest BCUT2D eigenvalue weighted by Gasteiger charge is 2.31. The lowest BCUT2D eigenvalue weighted by Crippen LogP contribution is -2.31. The van der Waals surface area contributed by atoms with Crippen molar-refractivity contribution in [1.82, 2.24) is 5.48 Å². The molecular formula is C17H14ClF2IN2O3. The molecule has 1 fully saturated rings. The third-order valence-corrected chi connectivity index (χ3v) is 4.81. The number of aliphatic hydroxyl groups is 1. The number of nitrogens with one attached hydrogen (secondary N) is 2. The molecule has 1 aliphatic carbocycles. The van der Waals surface area contributed by atoms with Crippen molar-refractivity contribution in [3.63, 3.8) is 0 Å². The van der Waals surface area contributed by atoms with E-state index in [0.717, 1.165) is 28.5 Å². The highest BCUT2D eigenvalue weighted by Crippen LogP contribution is 2.33. The van der Waals surface area contributed by atoms with Gasteiger partial charge in [-0.2, -0.15) is 0 Å². The van der Waals surface area contributed by atoms with Gasteiger partial charge in [-0.3, -0.25) is 4.79 Å². The maximum Gasteiger partial charge on any atom is 0.277 e. The van der Waals surface area contributed by atoms with E-state index >= 15 is 0 Å². The van der Waals surface area contributed by atoms with Crippen molar-refractivity contribution < 1.29 is 23.5 Å². The standard InChI is InChI=1S/C17H14ClF2IN2O3/c18-11-7-9(21)3-6-13(11)22-15-10(4-5-12(19)14(15)20)16(24)23-26-17(25)8-1-2-8/h3-8,17,22,25H,1-2H2,(H,23,24). The Balaban J connectivity index is 1.85. The largest absolute Gasteiger partial charge is 0.366 e. The lowest BCUT2D eigenvalue weighted by atomic mass is 10.1. The second kappa shape index (κ2) is 8.03.